The summed E-state index contributed by atoms with van der Waals surface area (Å²) in [6, 6.07) is 5.12. The zero-order valence-corrected chi connectivity index (χ0v) is 12.8. The Bertz CT molecular complexity index is 405. The van der Waals surface area contributed by atoms with Crippen molar-refractivity contribution in [2.24, 2.45) is 11.8 Å². The van der Waals surface area contributed by atoms with E-state index in [1.165, 1.54) is 44.2 Å². The summed E-state index contributed by atoms with van der Waals surface area (Å²) in [5.74, 6) is 6.32. The number of nitrogens with two attached hydrogens (primary N) is 1. The Morgan fingerprint density at radius 2 is 2.11 bits per heavy atom. The maximum absolute atomic E-state index is 13.0. The molecule has 1 unspecified atom stereocenters. The summed E-state index contributed by atoms with van der Waals surface area (Å²) in [7, 11) is 0. The Morgan fingerprint density at radius 3 is 2.74 bits per heavy atom. The van der Waals surface area contributed by atoms with Crippen molar-refractivity contribution in [3.8, 4) is 0 Å². The molecule has 0 bridgehead atoms. The van der Waals surface area contributed by atoms with Crippen LogP contribution in [0.3, 0.4) is 0 Å². The van der Waals surface area contributed by atoms with Gasteiger partial charge < -0.3 is 0 Å². The second-order valence-electron chi connectivity index (χ2n) is 5.53. The van der Waals surface area contributed by atoms with E-state index < -0.39 is 0 Å². The smallest absolute Gasteiger partial charge is 0.124 e. The lowest BCUT2D eigenvalue weighted by Gasteiger charge is -2.18. The molecule has 3 N–H and O–H groups in total. The molecule has 1 aliphatic rings. The van der Waals surface area contributed by atoms with Crippen LogP contribution in [0.2, 0.25) is 0 Å². The van der Waals surface area contributed by atoms with Crippen molar-refractivity contribution in [2.45, 2.75) is 51.0 Å². The topological polar surface area (TPSA) is 38.0 Å². The second kappa shape index (κ2) is 7.36. The second-order valence-corrected chi connectivity index (χ2v) is 6.39. The molecule has 1 fully saturated rings. The first-order valence-electron chi connectivity index (χ1n) is 7.09. The summed E-state index contributed by atoms with van der Waals surface area (Å²) in [6.45, 7) is 0. The maximum Gasteiger partial charge on any atom is 0.124 e. The standard InChI is InChI=1S/C15H22BrFN2/c16-15-10-13(17)7-6-12(15)9-14(19-18)8-5-11-3-1-2-4-11/h6-7,10-11,14,19H,1-5,8-9,18H2. The van der Waals surface area contributed by atoms with Gasteiger partial charge in [-0.2, -0.15) is 0 Å². The Hall–Kier alpha value is -0.450. The van der Waals surface area contributed by atoms with Crippen LogP contribution in [0.5, 0.6) is 0 Å². The molecule has 1 atom stereocenters. The molecular formula is C15H22BrFN2. The number of rotatable bonds is 6. The van der Waals surface area contributed by atoms with E-state index in [1.54, 1.807) is 0 Å². The molecule has 0 aliphatic heterocycles. The summed E-state index contributed by atoms with van der Waals surface area (Å²) >= 11 is 3.41. The monoisotopic (exact) mass is 328 g/mol. The predicted molar refractivity (Wildman–Crippen MR) is 80.1 cm³/mol. The zero-order valence-electron chi connectivity index (χ0n) is 11.2. The van der Waals surface area contributed by atoms with Gasteiger partial charge in [0.15, 0.2) is 0 Å². The fourth-order valence-corrected chi connectivity index (χ4v) is 3.45. The molecule has 0 spiro atoms. The molecule has 19 heavy (non-hydrogen) atoms. The van der Waals surface area contributed by atoms with Crippen LogP contribution in [0, 0.1) is 11.7 Å². The molecule has 1 aromatic carbocycles. The number of hydrogen-bond donors (Lipinski definition) is 2. The van der Waals surface area contributed by atoms with Gasteiger partial charge in [0.25, 0.3) is 0 Å². The summed E-state index contributed by atoms with van der Waals surface area (Å²) in [5, 5.41) is 0. The molecule has 2 nitrogen and oxygen atoms in total. The highest BCUT2D eigenvalue weighted by molar-refractivity contribution is 9.10. The van der Waals surface area contributed by atoms with Crippen molar-refractivity contribution in [1.29, 1.82) is 0 Å². The van der Waals surface area contributed by atoms with Crippen molar-refractivity contribution < 1.29 is 4.39 Å². The predicted octanol–water partition coefficient (Wildman–Crippen LogP) is 3.93. The zero-order chi connectivity index (χ0) is 13.7. The van der Waals surface area contributed by atoms with E-state index in [9.17, 15) is 4.39 Å². The third kappa shape index (κ3) is 4.55. The first kappa shape index (κ1) is 14.9. The molecule has 0 amide bonds. The summed E-state index contributed by atoms with van der Waals surface area (Å²) in [4.78, 5) is 0. The van der Waals surface area contributed by atoms with Crippen molar-refractivity contribution in [3.05, 3.63) is 34.1 Å². The average molecular weight is 329 g/mol. The summed E-state index contributed by atoms with van der Waals surface area (Å²) in [6.07, 6.45) is 8.68. The van der Waals surface area contributed by atoms with Crippen molar-refractivity contribution >= 4 is 15.9 Å². The van der Waals surface area contributed by atoms with Crippen LogP contribution in [0.4, 0.5) is 4.39 Å². The van der Waals surface area contributed by atoms with Gasteiger partial charge in [0.1, 0.15) is 5.82 Å². The van der Waals surface area contributed by atoms with E-state index in [1.807, 2.05) is 6.07 Å². The quantitative estimate of drug-likeness (QED) is 0.613. The summed E-state index contributed by atoms with van der Waals surface area (Å²) < 4.78 is 13.9. The van der Waals surface area contributed by atoms with Gasteiger partial charge in [-0.15, -0.1) is 0 Å². The maximum atomic E-state index is 13.0. The van der Waals surface area contributed by atoms with Gasteiger partial charge in [0.2, 0.25) is 0 Å². The highest BCUT2D eigenvalue weighted by atomic mass is 79.9. The molecule has 0 heterocycles. The van der Waals surface area contributed by atoms with E-state index in [0.717, 1.165) is 28.8 Å². The van der Waals surface area contributed by atoms with Crippen LogP contribution in [0.1, 0.15) is 44.1 Å². The van der Waals surface area contributed by atoms with Crippen LogP contribution in [0.25, 0.3) is 0 Å². The summed E-state index contributed by atoms with van der Waals surface area (Å²) in [5.41, 5.74) is 4.01. The minimum absolute atomic E-state index is 0.209. The normalized spacial score (nSPS) is 17.8. The van der Waals surface area contributed by atoms with Crippen molar-refractivity contribution in [2.75, 3.05) is 0 Å². The van der Waals surface area contributed by atoms with Crippen molar-refractivity contribution in [1.82, 2.24) is 5.43 Å². The van der Waals surface area contributed by atoms with E-state index in [0.29, 0.717) is 0 Å². The lowest BCUT2D eigenvalue weighted by Crippen LogP contribution is -2.37. The molecule has 2 rings (SSSR count). The molecule has 1 saturated carbocycles. The van der Waals surface area contributed by atoms with Crippen LogP contribution in [0.15, 0.2) is 22.7 Å². The van der Waals surface area contributed by atoms with Gasteiger partial charge in [-0.05, 0) is 42.9 Å². The van der Waals surface area contributed by atoms with Gasteiger partial charge >= 0.3 is 0 Å². The van der Waals surface area contributed by atoms with E-state index >= 15 is 0 Å². The molecule has 0 aromatic heterocycles. The van der Waals surface area contributed by atoms with E-state index in [2.05, 4.69) is 21.4 Å². The Balaban J connectivity index is 1.86. The number of nitrogens with one attached hydrogen (secondary N) is 1. The van der Waals surface area contributed by atoms with Gasteiger partial charge in [0.05, 0.1) is 0 Å². The number of hydrogen-bond acceptors (Lipinski definition) is 2. The molecule has 1 aliphatic carbocycles. The van der Waals surface area contributed by atoms with Gasteiger partial charge in [-0.3, -0.25) is 11.3 Å². The first-order valence-corrected chi connectivity index (χ1v) is 7.88. The van der Waals surface area contributed by atoms with Crippen LogP contribution in [-0.4, -0.2) is 6.04 Å². The fraction of sp³-hybridized carbons (Fsp3) is 0.600. The number of benzene rings is 1. The molecule has 0 radical (unpaired) electrons. The lowest BCUT2D eigenvalue weighted by molar-refractivity contribution is 0.406. The highest BCUT2D eigenvalue weighted by Crippen LogP contribution is 2.29. The minimum Gasteiger partial charge on any atom is -0.271 e. The van der Waals surface area contributed by atoms with Gasteiger partial charge in [-0.1, -0.05) is 47.7 Å². The van der Waals surface area contributed by atoms with Crippen LogP contribution >= 0.6 is 15.9 Å². The first-order chi connectivity index (χ1) is 9.19. The average Bonchev–Trinajstić information content (AvgIpc) is 2.90. The molecule has 0 saturated heterocycles. The Labute approximate surface area is 123 Å². The fourth-order valence-electron chi connectivity index (χ4n) is 2.93. The Morgan fingerprint density at radius 1 is 1.37 bits per heavy atom. The molecule has 1 aromatic rings. The third-order valence-electron chi connectivity index (χ3n) is 4.12. The number of halogens is 2. The minimum atomic E-state index is -0.209. The van der Waals surface area contributed by atoms with Gasteiger partial charge in [-0.25, -0.2) is 4.39 Å². The lowest BCUT2D eigenvalue weighted by atomic mass is 9.95. The van der Waals surface area contributed by atoms with E-state index in [4.69, 9.17) is 5.84 Å². The SMILES string of the molecule is NNC(CCC1CCCC1)Cc1ccc(F)cc1Br. The number of hydrazine groups is 1. The molecule has 4 heteroatoms. The third-order valence-corrected chi connectivity index (χ3v) is 4.85. The molecular weight excluding hydrogens is 307 g/mol. The van der Waals surface area contributed by atoms with Crippen LogP contribution < -0.4 is 11.3 Å². The van der Waals surface area contributed by atoms with Crippen LogP contribution in [-0.2, 0) is 6.42 Å². The van der Waals surface area contributed by atoms with Gasteiger partial charge in [0, 0.05) is 10.5 Å². The highest BCUT2D eigenvalue weighted by Gasteiger charge is 2.17. The Kier molecular flexibility index (Phi) is 5.79. The van der Waals surface area contributed by atoms with Crippen molar-refractivity contribution in [3.63, 3.8) is 0 Å². The van der Waals surface area contributed by atoms with E-state index in [-0.39, 0.29) is 11.9 Å². The largest absolute Gasteiger partial charge is 0.271 e. The molecule has 106 valence electrons.